The molecule has 3 aromatic rings. The number of ether oxygens (including phenoxy) is 1. The van der Waals surface area contributed by atoms with Crippen LogP contribution in [0.3, 0.4) is 0 Å². The van der Waals surface area contributed by atoms with Crippen molar-refractivity contribution in [3.63, 3.8) is 0 Å². The maximum absolute atomic E-state index is 13.2. The molecule has 4 rings (SSSR count). The van der Waals surface area contributed by atoms with Crippen LogP contribution < -0.4 is 10.1 Å². The molecular formula is C16H11F6N5O. The predicted octanol–water partition coefficient (Wildman–Crippen LogP) is 4.31. The van der Waals surface area contributed by atoms with E-state index in [4.69, 9.17) is 0 Å². The highest BCUT2D eigenvalue weighted by atomic mass is 19.4. The molecule has 2 aromatic heterocycles. The Morgan fingerprint density at radius 2 is 1.82 bits per heavy atom. The van der Waals surface area contributed by atoms with Crippen molar-refractivity contribution in [2.45, 2.75) is 31.4 Å². The third-order valence-corrected chi connectivity index (χ3v) is 3.90. The van der Waals surface area contributed by atoms with Gasteiger partial charge in [-0.3, -0.25) is 4.57 Å². The molecule has 0 radical (unpaired) electrons. The summed E-state index contributed by atoms with van der Waals surface area (Å²) in [6.07, 6.45) is -6.94. The molecule has 0 spiro atoms. The van der Waals surface area contributed by atoms with E-state index in [0.29, 0.717) is 0 Å². The maximum atomic E-state index is 13.2. The predicted molar refractivity (Wildman–Crippen MR) is 85.0 cm³/mol. The van der Waals surface area contributed by atoms with Gasteiger partial charge in [0, 0.05) is 12.1 Å². The van der Waals surface area contributed by atoms with Gasteiger partial charge >= 0.3 is 12.5 Å². The number of benzene rings is 1. The summed E-state index contributed by atoms with van der Waals surface area (Å²) in [7, 11) is 0. The molecule has 0 aliphatic heterocycles. The Morgan fingerprint density at radius 3 is 2.46 bits per heavy atom. The number of hydrogen-bond acceptors (Lipinski definition) is 5. The van der Waals surface area contributed by atoms with Crippen LogP contribution in [-0.2, 0) is 6.18 Å². The molecule has 12 heteroatoms. The van der Waals surface area contributed by atoms with Crippen LogP contribution in [0.1, 0.15) is 18.7 Å². The lowest BCUT2D eigenvalue weighted by Gasteiger charge is -2.12. The molecule has 6 nitrogen and oxygen atoms in total. The maximum Gasteiger partial charge on any atom is 0.573 e. The van der Waals surface area contributed by atoms with Crippen molar-refractivity contribution < 1.29 is 31.1 Å². The highest BCUT2D eigenvalue weighted by molar-refractivity contribution is 5.84. The third-order valence-electron chi connectivity index (χ3n) is 3.90. The first-order valence-corrected chi connectivity index (χ1v) is 8.05. The highest BCUT2D eigenvalue weighted by Gasteiger charge is 2.37. The van der Waals surface area contributed by atoms with E-state index in [2.05, 4.69) is 25.0 Å². The number of halogens is 6. The standard InChI is InChI=1S/C16H11F6N5O/c17-15(18,19)14-25-12(24-8-4-5-8)11-13(26-14)27(7-23-11)9-2-1-3-10(6-9)28-16(20,21)22/h1-3,6-8H,4-5H2,(H,24,25,26). The lowest BCUT2D eigenvalue weighted by molar-refractivity contribution is -0.274. The number of rotatable bonds is 4. The van der Waals surface area contributed by atoms with Crippen LogP contribution in [0.4, 0.5) is 32.2 Å². The SMILES string of the molecule is FC(F)(F)Oc1cccc(-n2cnc3c(NC4CC4)nc(C(F)(F)F)nc32)c1. The Hall–Kier alpha value is -3.05. The molecule has 1 aliphatic rings. The smallest absolute Gasteiger partial charge is 0.406 e. The highest BCUT2D eigenvalue weighted by Crippen LogP contribution is 2.33. The Bertz CT molecular complexity index is 1020. The minimum Gasteiger partial charge on any atom is -0.406 e. The number of alkyl halides is 6. The summed E-state index contributed by atoms with van der Waals surface area (Å²) in [5.74, 6) is -1.96. The molecule has 28 heavy (non-hydrogen) atoms. The number of anilines is 1. The fraction of sp³-hybridized carbons (Fsp3) is 0.312. The Kier molecular flexibility index (Phi) is 4.08. The van der Waals surface area contributed by atoms with E-state index in [1.54, 1.807) is 0 Å². The van der Waals surface area contributed by atoms with Crippen LogP contribution in [0, 0.1) is 0 Å². The van der Waals surface area contributed by atoms with Gasteiger partial charge in [0.15, 0.2) is 17.0 Å². The lowest BCUT2D eigenvalue weighted by atomic mass is 10.3. The minimum atomic E-state index is -4.90. The van der Waals surface area contributed by atoms with Gasteiger partial charge in [0.1, 0.15) is 12.1 Å². The second-order valence-corrected chi connectivity index (χ2v) is 6.14. The third kappa shape index (κ3) is 3.80. The van der Waals surface area contributed by atoms with Gasteiger partial charge in [-0.15, -0.1) is 13.2 Å². The van der Waals surface area contributed by atoms with Crippen LogP contribution in [0.25, 0.3) is 16.9 Å². The van der Waals surface area contributed by atoms with Crippen molar-refractivity contribution in [3.8, 4) is 11.4 Å². The normalized spacial score (nSPS) is 15.1. The van der Waals surface area contributed by atoms with Crippen LogP contribution in [0.2, 0.25) is 0 Å². The average Bonchev–Trinajstić information content (AvgIpc) is 3.28. The molecule has 0 atom stereocenters. The second kappa shape index (κ2) is 6.24. The van der Waals surface area contributed by atoms with Crippen LogP contribution >= 0.6 is 0 Å². The summed E-state index contributed by atoms with van der Waals surface area (Å²) in [5, 5.41) is 2.88. The van der Waals surface area contributed by atoms with Crippen molar-refractivity contribution in [2.24, 2.45) is 0 Å². The van der Waals surface area contributed by atoms with Gasteiger partial charge in [0.25, 0.3) is 0 Å². The van der Waals surface area contributed by atoms with Crippen molar-refractivity contribution in [1.29, 1.82) is 0 Å². The lowest BCUT2D eigenvalue weighted by Crippen LogP contribution is -2.17. The molecule has 2 heterocycles. The second-order valence-electron chi connectivity index (χ2n) is 6.14. The van der Waals surface area contributed by atoms with E-state index in [0.717, 1.165) is 29.5 Å². The van der Waals surface area contributed by atoms with E-state index in [9.17, 15) is 26.3 Å². The van der Waals surface area contributed by atoms with Gasteiger partial charge in [0.05, 0.1) is 5.69 Å². The molecule has 0 bridgehead atoms. The quantitative estimate of drug-likeness (QED) is 0.658. The summed E-state index contributed by atoms with van der Waals surface area (Å²) in [6.45, 7) is 0. The number of aromatic nitrogens is 4. The molecule has 1 aliphatic carbocycles. The molecule has 1 N–H and O–H groups in total. The number of hydrogen-bond donors (Lipinski definition) is 1. The topological polar surface area (TPSA) is 64.9 Å². The molecule has 1 saturated carbocycles. The summed E-state index contributed by atoms with van der Waals surface area (Å²) >= 11 is 0. The summed E-state index contributed by atoms with van der Waals surface area (Å²) in [6, 6.07) is 4.78. The van der Waals surface area contributed by atoms with E-state index in [1.165, 1.54) is 18.5 Å². The zero-order valence-electron chi connectivity index (χ0n) is 13.8. The van der Waals surface area contributed by atoms with Gasteiger partial charge in [-0.05, 0) is 25.0 Å². The first kappa shape index (κ1) is 18.3. The molecule has 1 aromatic carbocycles. The number of nitrogens with one attached hydrogen (secondary N) is 1. The summed E-state index contributed by atoms with van der Waals surface area (Å²) < 4.78 is 82.0. The molecule has 1 fully saturated rings. The molecule has 148 valence electrons. The summed E-state index contributed by atoms with van der Waals surface area (Å²) in [5.41, 5.74) is 0.00474. The van der Waals surface area contributed by atoms with Crippen molar-refractivity contribution in [3.05, 3.63) is 36.4 Å². The average molecular weight is 403 g/mol. The van der Waals surface area contributed by atoms with E-state index < -0.39 is 24.1 Å². The number of fused-ring (bicyclic) bond motifs is 1. The Balaban J connectivity index is 1.83. The molecule has 0 amide bonds. The Morgan fingerprint density at radius 1 is 1.07 bits per heavy atom. The molecular weight excluding hydrogens is 392 g/mol. The monoisotopic (exact) mass is 403 g/mol. The van der Waals surface area contributed by atoms with Gasteiger partial charge in [-0.25, -0.2) is 15.0 Å². The number of imidazole rings is 1. The largest absolute Gasteiger partial charge is 0.573 e. The Labute approximate surface area is 153 Å². The van der Waals surface area contributed by atoms with Crippen molar-refractivity contribution in [1.82, 2.24) is 19.5 Å². The van der Waals surface area contributed by atoms with Gasteiger partial charge in [0.2, 0.25) is 5.82 Å². The first-order valence-electron chi connectivity index (χ1n) is 8.05. The van der Waals surface area contributed by atoms with Gasteiger partial charge in [-0.1, -0.05) is 6.07 Å². The van der Waals surface area contributed by atoms with Crippen molar-refractivity contribution in [2.75, 3.05) is 5.32 Å². The zero-order valence-corrected chi connectivity index (χ0v) is 13.8. The minimum absolute atomic E-state index is 0.00727. The van der Waals surface area contributed by atoms with E-state index in [-0.39, 0.29) is 28.7 Å². The van der Waals surface area contributed by atoms with Gasteiger partial charge in [-0.2, -0.15) is 13.2 Å². The fourth-order valence-electron chi connectivity index (χ4n) is 2.57. The van der Waals surface area contributed by atoms with Gasteiger partial charge < -0.3 is 10.1 Å². The van der Waals surface area contributed by atoms with E-state index in [1.807, 2.05) is 0 Å². The van der Waals surface area contributed by atoms with Crippen molar-refractivity contribution >= 4 is 17.0 Å². The summed E-state index contributed by atoms with van der Waals surface area (Å²) in [4.78, 5) is 11.1. The first-order chi connectivity index (χ1) is 13.1. The van der Waals surface area contributed by atoms with Crippen LogP contribution in [0.15, 0.2) is 30.6 Å². The number of nitrogens with zero attached hydrogens (tertiary/aromatic N) is 4. The fourth-order valence-corrected chi connectivity index (χ4v) is 2.57. The zero-order chi connectivity index (χ0) is 20.1. The van der Waals surface area contributed by atoms with Crippen LogP contribution in [-0.4, -0.2) is 31.9 Å². The van der Waals surface area contributed by atoms with E-state index >= 15 is 0 Å². The molecule has 0 unspecified atom stereocenters. The van der Waals surface area contributed by atoms with Crippen LogP contribution in [0.5, 0.6) is 5.75 Å². The molecule has 0 saturated heterocycles.